The van der Waals surface area contributed by atoms with Gasteiger partial charge in [0, 0.05) is 24.8 Å². The number of carbonyl (C=O) groups is 2. The molecule has 1 N–H and O–H groups in total. The van der Waals surface area contributed by atoms with Crippen molar-refractivity contribution >= 4 is 17.6 Å². The number of likely N-dealkylation sites (N-methyl/N-ethyl adjacent to an activating group) is 1. The van der Waals surface area contributed by atoms with Gasteiger partial charge in [-0.3, -0.25) is 24.4 Å². The molecule has 0 saturated heterocycles. The van der Waals surface area contributed by atoms with Crippen molar-refractivity contribution in [1.82, 2.24) is 15.1 Å². The first-order valence-corrected chi connectivity index (χ1v) is 9.84. The van der Waals surface area contributed by atoms with Crippen LogP contribution >= 0.6 is 0 Å². The van der Waals surface area contributed by atoms with E-state index in [1.165, 1.54) is 16.8 Å². The normalized spacial score (nSPS) is 11.7. The van der Waals surface area contributed by atoms with Gasteiger partial charge in [0.25, 0.3) is 5.69 Å². The molecule has 0 radical (unpaired) electrons. The maximum Gasteiger partial charge on any atom is 0.324 e. The van der Waals surface area contributed by atoms with Gasteiger partial charge in [-0.25, -0.2) is 0 Å². The van der Waals surface area contributed by atoms with Gasteiger partial charge in [-0.1, -0.05) is 0 Å². The lowest BCUT2D eigenvalue weighted by molar-refractivity contribution is -0.385. The van der Waals surface area contributed by atoms with Gasteiger partial charge in [0.1, 0.15) is 11.6 Å². The minimum atomic E-state index is -1.75. The molecular formula is C21H25N5O7. The maximum absolute atomic E-state index is 12.4. The Bertz CT molecular complexity index is 1070. The topological polar surface area (TPSA) is 159 Å². The maximum atomic E-state index is 12.4. The Balaban J connectivity index is 2.69. The molecule has 1 aromatic carbocycles. The van der Waals surface area contributed by atoms with Crippen molar-refractivity contribution in [3.05, 3.63) is 45.3 Å². The van der Waals surface area contributed by atoms with Gasteiger partial charge in [-0.05, 0) is 31.7 Å². The molecular weight excluding hydrogens is 434 g/mol. The monoisotopic (exact) mass is 459 g/mol. The summed E-state index contributed by atoms with van der Waals surface area (Å²) in [5.74, 6) is -3.86. The molecule has 0 aliphatic carbocycles. The highest BCUT2D eigenvalue weighted by atomic mass is 16.6. The second-order valence-corrected chi connectivity index (χ2v) is 7.18. The molecule has 0 bridgehead atoms. The summed E-state index contributed by atoms with van der Waals surface area (Å²) < 4.78 is 16.6. The van der Waals surface area contributed by atoms with Crippen LogP contribution in [0.25, 0.3) is 11.1 Å². The average Bonchev–Trinajstić information content (AvgIpc) is 3.17. The van der Waals surface area contributed by atoms with E-state index in [2.05, 4.69) is 19.9 Å². The predicted molar refractivity (Wildman–Crippen MR) is 115 cm³/mol. The average molecular weight is 459 g/mol. The van der Waals surface area contributed by atoms with E-state index in [9.17, 15) is 25.0 Å². The number of nitro groups is 1. The molecule has 1 heterocycles. The molecule has 12 heteroatoms. The standard InChI is InChI=1S/C21H25N5O7/c1-12(23-2)10-33-11-17-16(9-25(3)24-17)13-6-14(8-22)19(26(29)30)15(7-13)18(20(27)31-4)21(28)32-5/h6-7,9,12,18,23H,10-11H2,1-5H3/t12-/m1/s1. The third-order valence-corrected chi connectivity index (χ3v) is 4.94. The number of methoxy groups -OCH3 is 2. The molecule has 12 nitrogen and oxygen atoms in total. The van der Waals surface area contributed by atoms with Crippen LogP contribution in [0, 0.1) is 21.4 Å². The number of nitrogens with zero attached hydrogens (tertiary/aromatic N) is 4. The summed E-state index contributed by atoms with van der Waals surface area (Å²) >= 11 is 0. The van der Waals surface area contributed by atoms with E-state index >= 15 is 0 Å². The highest BCUT2D eigenvalue weighted by molar-refractivity contribution is 6.02. The number of nitrogens with one attached hydrogen (secondary N) is 1. The van der Waals surface area contributed by atoms with E-state index in [1.807, 2.05) is 6.92 Å². The van der Waals surface area contributed by atoms with Gasteiger partial charge >= 0.3 is 11.9 Å². The molecule has 0 spiro atoms. The molecule has 1 aromatic heterocycles. The Kier molecular flexibility index (Phi) is 8.61. The second-order valence-electron chi connectivity index (χ2n) is 7.18. The lowest BCUT2D eigenvalue weighted by atomic mass is 9.90. The SMILES string of the molecule is CN[C@H](C)COCc1nn(C)cc1-c1cc(C#N)c([N+](=O)[O-])c(C(C(=O)OC)C(=O)OC)c1. The quantitative estimate of drug-likeness (QED) is 0.238. The van der Waals surface area contributed by atoms with Crippen LogP contribution in [0.2, 0.25) is 0 Å². The number of aromatic nitrogens is 2. The largest absolute Gasteiger partial charge is 0.468 e. The van der Waals surface area contributed by atoms with Gasteiger partial charge < -0.3 is 19.5 Å². The fourth-order valence-corrected chi connectivity index (χ4v) is 3.21. The first-order chi connectivity index (χ1) is 15.7. The molecule has 0 amide bonds. The molecule has 2 aromatic rings. The molecule has 33 heavy (non-hydrogen) atoms. The van der Waals surface area contributed by atoms with Gasteiger partial charge in [0.05, 0.1) is 43.6 Å². The van der Waals surface area contributed by atoms with Crippen molar-refractivity contribution in [2.24, 2.45) is 7.05 Å². The molecule has 0 saturated carbocycles. The van der Waals surface area contributed by atoms with Crippen LogP contribution in [0.5, 0.6) is 0 Å². The zero-order valence-corrected chi connectivity index (χ0v) is 18.9. The fourth-order valence-electron chi connectivity index (χ4n) is 3.21. The van der Waals surface area contributed by atoms with Crippen LogP contribution in [0.15, 0.2) is 18.3 Å². The Hall–Kier alpha value is -3.82. The number of benzene rings is 1. The third kappa shape index (κ3) is 5.71. The van der Waals surface area contributed by atoms with E-state index in [-0.39, 0.29) is 23.8 Å². The van der Waals surface area contributed by atoms with E-state index in [0.717, 1.165) is 14.2 Å². The van der Waals surface area contributed by atoms with E-state index in [1.54, 1.807) is 26.4 Å². The van der Waals surface area contributed by atoms with Crippen LogP contribution in [0.4, 0.5) is 5.69 Å². The molecule has 2 rings (SSSR count). The van der Waals surface area contributed by atoms with Crippen LogP contribution in [0.1, 0.15) is 29.7 Å². The van der Waals surface area contributed by atoms with E-state index in [4.69, 9.17) is 4.74 Å². The summed E-state index contributed by atoms with van der Waals surface area (Å²) in [4.78, 5) is 35.7. The summed E-state index contributed by atoms with van der Waals surface area (Å²) in [6.07, 6.45) is 1.65. The van der Waals surface area contributed by atoms with Crippen molar-refractivity contribution < 1.29 is 28.7 Å². The second kappa shape index (κ2) is 11.2. The fraction of sp³-hybridized carbons (Fsp3) is 0.429. The summed E-state index contributed by atoms with van der Waals surface area (Å²) in [6, 6.07) is 4.49. The lowest BCUT2D eigenvalue weighted by Gasteiger charge is -2.15. The minimum absolute atomic E-state index is 0.106. The number of hydrogen-bond donors (Lipinski definition) is 1. The van der Waals surface area contributed by atoms with Crippen LogP contribution in [0.3, 0.4) is 0 Å². The van der Waals surface area contributed by atoms with Crippen molar-refractivity contribution in [3.63, 3.8) is 0 Å². The Morgan fingerprint density at radius 3 is 2.45 bits per heavy atom. The first-order valence-electron chi connectivity index (χ1n) is 9.84. The van der Waals surface area contributed by atoms with Gasteiger partial charge in [0.15, 0.2) is 5.92 Å². The zero-order valence-electron chi connectivity index (χ0n) is 18.9. The number of nitriles is 1. The molecule has 176 valence electrons. The molecule has 0 unspecified atom stereocenters. The van der Waals surface area contributed by atoms with Crippen LogP contribution in [-0.2, 0) is 37.5 Å². The first kappa shape index (κ1) is 25.4. The number of ether oxygens (including phenoxy) is 3. The smallest absolute Gasteiger partial charge is 0.324 e. The van der Waals surface area contributed by atoms with E-state index in [0.29, 0.717) is 23.4 Å². The third-order valence-electron chi connectivity index (χ3n) is 4.94. The number of esters is 2. The molecule has 0 aliphatic rings. The van der Waals surface area contributed by atoms with Crippen molar-refractivity contribution in [1.29, 1.82) is 5.26 Å². The highest BCUT2D eigenvalue weighted by Crippen LogP contribution is 2.37. The van der Waals surface area contributed by atoms with Gasteiger partial charge in [0.2, 0.25) is 0 Å². The van der Waals surface area contributed by atoms with Crippen molar-refractivity contribution in [2.45, 2.75) is 25.5 Å². The number of carbonyl (C=O) groups excluding carboxylic acids is 2. The van der Waals surface area contributed by atoms with Crippen molar-refractivity contribution in [3.8, 4) is 17.2 Å². The molecule has 0 aliphatic heterocycles. The van der Waals surface area contributed by atoms with Crippen LogP contribution < -0.4 is 5.32 Å². The number of nitro benzene ring substituents is 1. The summed E-state index contributed by atoms with van der Waals surface area (Å²) in [5.41, 5.74) is 0.0648. The number of rotatable bonds is 10. The molecule has 1 atom stereocenters. The van der Waals surface area contributed by atoms with Crippen LogP contribution in [-0.4, -0.2) is 60.6 Å². The Labute approximate surface area is 190 Å². The van der Waals surface area contributed by atoms with Crippen molar-refractivity contribution in [2.75, 3.05) is 27.9 Å². The highest BCUT2D eigenvalue weighted by Gasteiger charge is 2.38. The summed E-state index contributed by atoms with van der Waals surface area (Å²) in [5, 5.41) is 28.8. The zero-order chi connectivity index (χ0) is 24.7. The molecule has 0 fully saturated rings. The Morgan fingerprint density at radius 2 is 1.94 bits per heavy atom. The summed E-state index contributed by atoms with van der Waals surface area (Å²) in [6.45, 7) is 2.49. The Morgan fingerprint density at radius 1 is 1.30 bits per heavy atom. The number of hydrogen-bond acceptors (Lipinski definition) is 10. The minimum Gasteiger partial charge on any atom is -0.468 e. The summed E-state index contributed by atoms with van der Waals surface area (Å²) in [7, 11) is 5.58. The van der Waals surface area contributed by atoms with Gasteiger partial charge in [-0.15, -0.1) is 0 Å². The predicted octanol–water partition coefficient (Wildman–Crippen LogP) is 1.42. The lowest BCUT2D eigenvalue weighted by Crippen LogP contribution is -2.26. The number of aryl methyl sites for hydroxylation is 1. The van der Waals surface area contributed by atoms with E-state index < -0.39 is 28.5 Å². The van der Waals surface area contributed by atoms with Gasteiger partial charge in [-0.2, -0.15) is 10.4 Å².